The van der Waals surface area contributed by atoms with Gasteiger partial charge in [-0.3, -0.25) is 4.79 Å². The second-order valence-electron chi connectivity index (χ2n) is 7.63. The van der Waals surface area contributed by atoms with Crippen LogP contribution >= 0.6 is 11.8 Å². The van der Waals surface area contributed by atoms with Crippen LogP contribution in [0, 0.1) is 13.8 Å². The van der Waals surface area contributed by atoms with Crippen molar-refractivity contribution in [3.8, 4) is 0 Å². The summed E-state index contributed by atoms with van der Waals surface area (Å²) in [6.07, 6.45) is 2.91. The smallest absolute Gasteiger partial charge is 0.251 e. The monoisotopic (exact) mass is 414 g/mol. The van der Waals surface area contributed by atoms with E-state index in [1.54, 1.807) is 11.8 Å². The lowest BCUT2D eigenvalue weighted by Gasteiger charge is -2.12. The van der Waals surface area contributed by atoms with Gasteiger partial charge in [0.25, 0.3) is 5.91 Å². The summed E-state index contributed by atoms with van der Waals surface area (Å²) in [5.74, 6) is -0.0445. The van der Waals surface area contributed by atoms with Crippen molar-refractivity contribution in [2.75, 3.05) is 11.9 Å². The van der Waals surface area contributed by atoms with E-state index >= 15 is 0 Å². The zero-order valence-corrected chi connectivity index (χ0v) is 18.4. The van der Waals surface area contributed by atoms with E-state index in [2.05, 4.69) is 73.0 Å². The lowest BCUT2D eigenvalue weighted by Crippen LogP contribution is -2.25. The minimum absolute atomic E-state index is 0.0445. The van der Waals surface area contributed by atoms with E-state index in [0.29, 0.717) is 12.1 Å². The van der Waals surface area contributed by atoms with Crippen LogP contribution in [-0.2, 0) is 6.42 Å². The summed E-state index contributed by atoms with van der Waals surface area (Å²) in [5, 5.41) is 6.59. The fraction of sp³-hybridized carbons (Fsp3) is 0.192. The molecule has 1 heterocycles. The van der Waals surface area contributed by atoms with Gasteiger partial charge >= 0.3 is 0 Å². The third-order valence-corrected chi connectivity index (χ3v) is 6.38. The average molecular weight is 415 g/mol. The zero-order valence-electron chi connectivity index (χ0n) is 17.6. The highest BCUT2D eigenvalue weighted by Gasteiger charge is 2.18. The van der Waals surface area contributed by atoms with E-state index < -0.39 is 0 Å². The molecule has 0 spiro atoms. The number of hydrogen-bond donors (Lipinski definition) is 2. The highest BCUT2D eigenvalue weighted by Crippen LogP contribution is 2.42. The first-order valence-corrected chi connectivity index (χ1v) is 11.0. The molecule has 1 aliphatic rings. The number of nitrogens with one attached hydrogen (secondary N) is 2. The number of aryl methyl sites for hydroxylation is 2. The van der Waals surface area contributed by atoms with Gasteiger partial charge in [0.05, 0.1) is 5.69 Å². The summed E-state index contributed by atoms with van der Waals surface area (Å²) < 4.78 is 0. The molecule has 0 aliphatic carbocycles. The predicted octanol–water partition coefficient (Wildman–Crippen LogP) is 6.21. The van der Waals surface area contributed by atoms with Gasteiger partial charge in [0, 0.05) is 33.2 Å². The van der Waals surface area contributed by atoms with Crippen molar-refractivity contribution in [1.29, 1.82) is 0 Å². The Balaban J connectivity index is 1.50. The number of carbonyl (C=O) groups excluding carboxylic acids is 1. The molecule has 0 bridgehead atoms. The van der Waals surface area contributed by atoms with Crippen molar-refractivity contribution < 1.29 is 4.79 Å². The molecule has 3 nitrogen and oxygen atoms in total. The van der Waals surface area contributed by atoms with E-state index in [4.69, 9.17) is 0 Å². The van der Waals surface area contributed by atoms with Crippen LogP contribution in [0.5, 0.6) is 0 Å². The van der Waals surface area contributed by atoms with Crippen LogP contribution in [-0.4, -0.2) is 12.5 Å². The quantitative estimate of drug-likeness (QED) is 0.533. The lowest BCUT2D eigenvalue weighted by atomic mass is 10.1. The van der Waals surface area contributed by atoms with E-state index in [1.807, 2.05) is 25.1 Å². The summed E-state index contributed by atoms with van der Waals surface area (Å²) in [5.41, 5.74) is 7.61. The summed E-state index contributed by atoms with van der Waals surface area (Å²) in [7, 11) is 0. The van der Waals surface area contributed by atoms with Gasteiger partial charge < -0.3 is 10.6 Å². The Morgan fingerprint density at radius 2 is 1.80 bits per heavy atom. The minimum Gasteiger partial charge on any atom is -0.354 e. The Kier molecular flexibility index (Phi) is 5.96. The van der Waals surface area contributed by atoms with Gasteiger partial charge in [-0.1, -0.05) is 59.3 Å². The molecule has 0 saturated heterocycles. The number of fused-ring (bicyclic) bond motifs is 2. The molecule has 3 aromatic carbocycles. The lowest BCUT2D eigenvalue weighted by molar-refractivity contribution is 0.0954. The van der Waals surface area contributed by atoms with Crippen LogP contribution in [0.15, 0.2) is 76.5 Å². The number of benzene rings is 3. The van der Waals surface area contributed by atoms with Crippen LogP contribution in [0.1, 0.15) is 39.5 Å². The molecule has 4 heteroatoms. The third kappa shape index (κ3) is 4.44. The van der Waals surface area contributed by atoms with E-state index in [-0.39, 0.29) is 5.91 Å². The van der Waals surface area contributed by atoms with Gasteiger partial charge in [-0.2, -0.15) is 0 Å². The highest BCUT2D eigenvalue weighted by atomic mass is 32.2. The maximum atomic E-state index is 12.7. The molecule has 0 saturated carbocycles. The van der Waals surface area contributed by atoms with Crippen LogP contribution in [0.3, 0.4) is 0 Å². The van der Waals surface area contributed by atoms with Crippen molar-refractivity contribution in [2.24, 2.45) is 0 Å². The second kappa shape index (κ2) is 8.80. The summed E-state index contributed by atoms with van der Waals surface area (Å²) >= 11 is 1.73. The number of carbonyl (C=O) groups is 1. The molecular formula is C26H26N2OS. The highest BCUT2D eigenvalue weighted by molar-refractivity contribution is 7.99. The van der Waals surface area contributed by atoms with E-state index in [1.165, 1.54) is 27.1 Å². The van der Waals surface area contributed by atoms with Crippen molar-refractivity contribution >= 4 is 29.1 Å². The average Bonchev–Trinajstić information content (AvgIpc) is 2.89. The molecule has 3 aromatic rings. The van der Waals surface area contributed by atoms with Crippen molar-refractivity contribution in [3.05, 3.63) is 94.6 Å². The second-order valence-corrected chi connectivity index (χ2v) is 8.72. The Morgan fingerprint density at radius 1 is 1.00 bits per heavy atom. The first kappa shape index (κ1) is 20.3. The number of anilines is 1. The number of rotatable bonds is 4. The first-order chi connectivity index (χ1) is 14.5. The molecule has 4 rings (SSSR count). The van der Waals surface area contributed by atoms with E-state index in [0.717, 1.165) is 22.7 Å². The SMILES string of the molecule is CC=C1Nc2cc(C(=O)NCCc3cccc(C)c3)ccc2Sc2ccc(C)cc21. The molecule has 1 aliphatic heterocycles. The molecule has 0 atom stereocenters. The van der Waals surface area contributed by atoms with Gasteiger partial charge in [0.1, 0.15) is 0 Å². The largest absolute Gasteiger partial charge is 0.354 e. The number of allylic oxidation sites excluding steroid dienone is 1. The zero-order chi connectivity index (χ0) is 21.1. The first-order valence-electron chi connectivity index (χ1n) is 10.2. The molecule has 1 amide bonds. The van der Waals surface area contributed by atoms with Crippen molar-refractivity contribution in [3.63, 3.8) is 0 Å². The molecule has 2 N–H and O–H groups in total. The topological polar surface area (TPSA) is 41.1 Å². The minimum atomic E-state index is -0.0445. The molecule has 30 heavy (non-hydrogen) atoms. The fourth-order valence-corrected chi connectivity index (χ4v) is 4.66. The maximum Gasteiger partial charge on any atom is 0.251 e. The molecule has 0 fully saturated rings. The number of hydrogen-bond acceptors (Lipinski definition) is 3. The van der Waals surface area contributed by atoms with Crippen LogP contribution in [0.2, 0.25) is 0 Å². The molecule has 0 unspecified atom stereocenters. The fourth-order valence-electron chi connectivity index (χ4n) is 3.65. The Hall–Kier alpha value is -2.98. The summed E-state index contributed by atoms with van der Waals surface area (Å²) in [4.78, 5) is 15.1. The van der Waals surface area contributed by atoms with Gasteiger partial charge in [-0.25, -0.2) is 0 Å². The molecular weight excluding hydrogens is 388 g/mol. The van der Waals surface area contributed by atoms with Gasteiger partial charge in [-0.15, -0.1) is 0 Å². The van der Waals surface area contributed by atoms with Crippen LogP contribution in [0.25, 0.3) is 5.70 Å². The Labute approximate surface area is 182 Å². The summed E-state index contributed by atoms with van der Waals surface area (Å²) in [6, 6.07) is 20.8. The summed E-state index contributed by atoms with van der Waals surface area (Å²) in [6.45, 7) is 6.84. The van der Waals surface area contributed by atoms with Crippen molar-refractivity contribution in [2.45, 2.75) is 37.0 Å². The van der Waals surface area contributed by atoms with Crippen molar-refractivity contribution in [1.82, 2.24) is 5.32 Å². The Bertz CT molecular complexity index is 1130. The standard InChI is InChI=1S/C26H26N2OS/c1-4-22-21-15-18(3)8-10-24(21)30-25-11-9-20(16-23(25)28-22)26(29)27-13-12-19-7-5-6-17(2)14-19/h4-11,14-16,28H,12-13H2,1-3H3,(H,27,29). The molecule has 0 radical (unpaired) electrons. The Morgan fingerprint density at radius 3 is 2.60 bits per heavy atom. The van der Waals surface area contributed by atoms with Crippen LogP contribution < -0.4 is 10.6 Å². The number of amides is 1. The molecule has 0 aromatic heterocycles. The maximum absolute atomic E-state index is 12.7. The predicted molar refractivity (Wildman–Crippen MR) is 126 cm³/mol. The van der Waals surface area contributed by atoms with Gasteiger partial charge in [-0.05, 0) is 63.1 Å². The van der Waals surface area contributed by atoms with Gasteiger partial charge in [0.15, 0.2) is 0 Å². The van der Waals surface area contributed by atoms with Gasteiger partial charge in [0.2, 0.25) is 0 Å². The van der Waals surface area contributed by atoms with Crippen LogP contribution in [0.4, 0.5) is 5.69 Å². The molecule has 152 valence electrons. The normalized spacial score (nSPS) is 13.8. The van der Waals surface area contributed by atoms with E-state index in [9.17, 15) is 4.79 Å². The third-order valence-electron chi connectivity index (χ3n) is 5.23.